The van der Waals surface area contributed by atoms with E-state index in [1.165, 1.54) is 6.20 Å². The lowest BCUT2D eigenvalue weighted by atomic mass is 10.4. The number of nitrogens with zero attached hydrogens (tertiary/aromatic N) is 2. The topological polar surface area (TPSA) is 92.3 Å². The predicted octanol–water partition coefficient (Wildman–Crippen LogP) is -0.195. The maximum Gasteiger partial charge on any atom is 0.199 e. The number of nitrogens with two attached hydrogens (primary N) is 1. The summed E-state index contributed by atoms with van der Waals surface area (Å²) in [5.41, 5.74) is 5.23. The minimum Gasteiger partial charge on any atom is -0.382 e. The number of anilines is 1. The number of hydrogen-bond donors (Lipinski definition) is 3. The van der Waals surface area contributed by atoms with Gasteiger partial charge in [-0.3, -0.25) is 0 Å². The molecule has 0 bridgehead atoms. The first-order valence-corrected chi connectivity index (χ1v) is 3.54. The molecule has 0 aliphatic rings. The van der Waals surface area contributed by atoms with Crippen molar-refractivity contribution >= 4 is 21.7 Å². The maximum atomic E-state index is 8.68. The highest BCUT2D eigenvalue weighted by atomic mass is 79.9. The standard InChI is InChI=1S/C5H6BrN3O2/c6-2-1-8-4(7)3(9-2)5(10)11/h1,5,10-11H,(H2,7,8). The lowest BCUT2D eigenvalue weighted by Gasteiger charge is -2.04. The molecule has 1 rings (SSSR count). The number of hydrogen-bond acceptors (Lipinski definition) is 5. The Morgan fingerprint density at radius 1 is 1.55 bits per heavy atom. The van der Waals surface area contributed by atoms with Crippen LogP contribution in [0.4, 0.5) is 5.82 Å². The number of aliphatic hydroxyl groups is 2. The van der Waals surface area contributed by atoms with E-state index in [-0.39, 0.29) is 11.5 Å². The fraction of sp³-hybridized carbons (Fsp3) is 0.200. The Balaban J connectivity index is 3.13. The molecule has 11 heavy (non-hydrogen) atoms. The molecule has 0 saturated heterocycles. The Morgan fingerprint density at radius 2 is 2.18 bits per heavy atom. The number of aromatic nitrogens is 2. The SMILES string of the molecule is Nc1ncc(Br)nc1C(O)O. The summed E-state index contributed by atoms with van der Waals surface area (Å²) in [6, 6.07) is 0. The Hall–Kier alpha value is -0.720. The minimum atomic E-state index is -1.68. The third-order valence-electron chi connectivity index (χ3n) is 1.04. The Morgan fingerprint density at radius 3 is 2.64 bits per heavy atom. The van der Waals surface area contributed by atoms with Crippen LogP contribution < -0.4 is 5.73 Å². The number of nitrogen functional groups attached to an aromatic ring is 1. The molecular weight excluding hydrogens is 214 g/mol. The van der Waals surface area contributed by atoms with Crippen LogP contribution in [0.2, 0.25) is 0 Å². The molecule has 0 amide bonds. The molecule has 1 heterocycles. The van der Waals surface area contributed by atoms with Gasteiger partial charge in [0.1, 0.15) is 10.3 Å². The van der Waals surface area contributed by atoms with Crippen molar-refractivity contribution in [3.8, 4) is 0 Å². The van der Waals surface area contributed by atoms with Crippen LogP contribution >= 0.6 is 15.9 Å². The number of rotatable bonds is 1. The van der Waals surface area contributed by atoms with E-state index in [4.69, 9.17) is 15.9 Å². The van der Waals surface area contributed by atoms with E-state index in [1.54, 1.807) is 0 Å². The molecular formula is C5H6BrN3O2. The van der Waals surface area contributed by atoms with Gasteiger partial charge in [0.25, 0.3) is 0 Å². The van der Waals surface area contributed by atoms with Crippen LogP contribution in [-0.4, -0.2) is 20.2 Å². The van der Waals surface area contributed by atoms with Gasteiger partial charge in [-0.1, -0.05) is 0 Å². The largest absolute Gasteiger partial charge is 0.382 e. The molecule has 5 nitrogen and oxygen atoms in total. The van der Waals surface area contributed by atoms with E-state index in [0.29, 0.717) is 4.60 Å². The van der Waals surface area contributed by atoms with Gasteiger partial charge in [0.15, 0.2) is 12.1 Å². The molecule has 0 aliphatic carbocycles. The van der Waals surface area contributed by atoms with Gasteiger partial charge in [-0.05, 0) is 15.9 Å². The smallest absolute Gasteiger partial charge is 0.199 e. The van der Waals surface area contributed by atoms with Crippen LogP contribution in [0, 0.1) is 0 Å². The van der Waals surface area contributed by atoms with Crippen molar-refractivity contribution in [1.29, 1.82) is 0 Å². The van der Waals surface area contributed by atoms with Crippen LogP contribution in [0.1, 0.15) is 12.0 Å². The van der Waals surface area contributed by atoms with E-state index in [1.807, 2.05) is 0 Å². The van der Waals surface area contributed by atoms with Gasteiger partial charge in [0, 0.05) is 0 Å². The molecule has 0 radical (unpaired) electrons. The first-order chi connectivity index (χ1) is 5.11. The molecule has 0 spiro atoms. The van der Waals surface area contributed by atoms with Gasteiger partial charge in [0.05, 0.1) is 6.20 Å². The monoisotopic (exact) mass is 219 g/mol. The first-order valence-electron chi connectivity index (χ1n) is 2.75. The van der Waals surface area contributed by atoms with Crippen molar-refractivity contribution < 1.29 is 10.2 Å². The Labute approximate surface area is 71.0 Å². The second-order valence-electron chi connectivity index (χ2n) is 1.84. The summed E-state index contributed by atoms with van der Waals surface area (Å²) in [5.74, 6) is 0.0169. The van der Waals surface area contributed by atoms with Crippen molar-refractivity contribution in [2.24, 2.45) is 0 Å². The molecule has 0 unspecified atom stereocenters. The third kappa shape index (κ3) is 1.86. The highest BCUT2D eigenvalue weighted by molar-refractivity contribution is 9.10. The zero-order chi connectivity index (χ0) is 8.43. The lowest BCUT2D eigenvalue weighted by molar-refractivity contribution is -0.0454. The van der Waals surface area contributed by atoms with Gasteiger partial charge in [-0.2, -0.15) is 0 Å². The van der Waals surface area contributed by atoms with Gasteiger partial charge < -0.3 is 15.9 Å². The average Bonchev–Trinajstić information content (AvgIpc) is 1.94. The Kier molecular flexibility index (Phi) is 2.38. The molecule has 0 aliphatic heterocycles. The van der Waals surface area contributed by atoms with E-state index in [2.05, 4.69) is 25.9 Å². The Bertz CT molecular complexity index is 266. The molecule has 60 valence electrons. The van der Waals surface area contributed by atoms with E-state index in [9.17, 15) is 0 Å². The summed E-state index contributed by atoms with van der Waals surface area (Å²) in [6.45, 7) is 0. The summed E-state index contributed by atoms with van der Waals surface area (Å²) in [5, 5.41) is 17.4. The second-order valence-corrected chi connectivity index (χ2v) is 2.65. The summed E-state index contributed by atoms with van der Waals surface area (Å²) in [7, 11) is 0. The van der Waals surface area contributed by atoms with Gasteiger partial charge in [-0.15, -0.1) is 0 Å². The molecule has 0 atom stereocenters. The fourth-order valence-corrected chi connectivity index (χ4v) is 0.874. The van der Waals surface area contributed by atoms with Crippen molar-refractivity contribution in [3.05, 3.63) is 16.5 Å². The van der Waals surface area contributed by atoms with Crippen molar-refractivity contribution in [2.75, 3.05) is 5.73 Å². The van der Waals surface area contributed by atoms with E-state index >= 15 is 0 Å². The van der Waals surface area contributed by atoms with Gasteiger partial charge >= 0.3 is 0 Å². The predicted molar refractivity (Wildman–Crippen MR) is 41.3 cm³/mol. The molecule has 4 N–H and O–H groups in total. The minimum absolute atomic E-state index is 0.0169. The quantitative estimate of drug-likeness (QED) is 0.570. The van der Waals surface area contributed by atoms with Crippen molar-refractivity contribution in [2.45, 2.75) is 6.29 Å². The van der Waals surface area contributed by atoms with Crippen LogP contribution in [0.25, 0.3) is 0 Å². The number of aliphatic hydroxyl groups excluding tert-OH is 1. The molecule has 6 heteroatoms. The molecule has 1 aromatic heterocycles. The molecule has 0 fully saturated rings. The highest BCUT2D eigenvalue weighted by Gasteiger charge is 2.10. The van der Waals surface area contributed by atoms with Crippen LogP contribution in [0.15, 0.2) is 10.8 Å². The first kappa shape index (κ1) is 8.38. The summed E-state index contributed by atoms with van der Waals surface area (Å²) >= 11 is 3.01. The zero-order valence-corrected chi connectivity index (χ0v) is 6.98. The van der Waals surface area contributed by atoms with Gasteiger partial charge in [-0.25, -0.2) is 9.97 Å². The molecule has 0 aromatic carbocycles. The second kappa shape index (κ2) is 3.12. The van der Waals surface area contributed by atoms with Crippen LogP contribution in [-0.2, 0) is 0 Å². The average molecular weight is 220 g/mol. The zero-order valence-electron chi connectivity index (χ0n) is 5.40. The normalized spacial score (nSPS) is 10.5. The van der Waals surface area contributed by atoms with Crippen LogP contribution in [0.5, 0.6) is 0 Å². The van der Waals surface area contributed by atoms with Crippen molar-refractivity contribution in [3.63, 3.8) is 0 Å². The summed E-state index contributed by atoms with van der Waals surface area (Å²) in [6.07, 6.45) is -0.304. The fourth-order valence-electron chi connectivity index (χ4n) is 0.580. The third-order valence-corrected chi connectivity index (χ3v) is 1.43. The molecule has 0 saturated carbocycles. The maximum absolute atomic E-state index is 8.68. The molecule has 1 aromatic rings. The van der Waals surface area contributed by atoms with Gasteiger partial charge in [0.2, 0.25) is 0 Å². The van der Waals surface area contributed by atoms with Crippen LogP contribution in [0.3, 0.4) is 0 Å². The van der Waals surface area contributed by atoms with E-state index in [0.717, 1.165) is 0 Å². The lowest BCUT2D eigenvalue weighted by Crippen LogP contribution is -2.06. The summed E-state index contributed by atoms with van der Waals surface area (Å²) in [4.78, 5) is 7.35. The van der Waals surface area contributed by atoms with Crippen molar-refractivity contribution in [1.82, 2.24) is 9.97 Å². The van der Waals surface area contributed by atoms with E-state index < -0.39 is 6.29 Å². The summed E-state index contributed by atoms with van der Waals surface area (Å²) < 4.78 is 0.412. The number of halogens is 1. The highest BCUT2D eigenvalue weighted by Crippen LogP contribution is 2.15.